The number of rotatable bonds is 9. The first-order valence-corrected chi connectivity index (χ1v) is 10.6. The Morgan fingerprint density at radius 2 is 2.00 bits per heavy atom. The van der Waals surface area contributed by atoms with Crippen LogP contribution in [0.15, 0.2) is 12.1 Å². The lowest BCUT2D eigenvalue weighted by Gasteiger charge is -2.42. The van der Waals surface area contributed by atoms with Crippen molar-refractivity contribution in [2.75, 3.05) is 40.3 Å². The molecule has 2 atom stereocenters. The van der Waals surface area contributed by atoms with Crippen LogP contribution in [0.2, 0.25) is 6.32 Å². The number of nitrogens with two attached hydrogens (primary N) is 1. The van der Waals surface area contributed by atoms with E-state index in [2.05, 4.69) is 5.32 Å². The van der Waals surface area contributed by atoms with Crippen LogP contribution >= 0.6 is 0 Å². The molecule has 5 N–H and O–H groups in total. The molecular weight excluding hydrogens is 415 g/mol. The van der Waals surface area contributed by atoms with Gasteiger partial charge >= 0.3 is 5.97 Å². The molecule has 0 bridgehead atoms. The number of likely N-dealkylation sites (tertiary alicyclic amines) is 1. The molecule has 2 amide bonds. The number of ether oxygens (including phenoxy) is 1. The maximum atomic E-state index is 12.4. The zero-order valence-corrected chi connectivity index (χ0v) is 19.0. The average Bonchev–Trinajstić information content (AvgIpc) is 3.41. The number of aromatic carboxylic acids is 1. The van der Waals surface area contributed by atoms with Crippen molar-refractivity contribution in [2.24, 2.45) is 5.73 Å². The smallest absolute Gasteiger partial charge is 0.343 e. The zero-order chi connectivity index (χ0) is 23.8. The fourth-order valence-electron chi connectivity index (χ4n) is 3.78. The molecule has 0 aliphatic carbocycles. The molecular formula is C21H31BN4O6. The van der Waals surface area contributed by atoms with E-state index in [4.69, 9.17) is 10.5 Å². The van der Waals surface area contributed by atoms with Crippen LogP contribution in [0.3, 0.4) is 0 Å². The third kappa shape index (κ3) is 4.99. The number of nitrogens with zero attached hydrogens (tertiary/aromatic N) is 2. The van der Waals surface area contributed by atoms with Gasteiger partial charge < -0.3 is 30.9 Å². The maximum Gasteiger partial charge on any atom is 0.343 e. The highest BCUT2D eigenvalue weighted by atomic mass is 16.5. The molecule has 10 nitrogen and oxygen atoms in total. The van der Waals surface area contributed by atoms with Crippen molar-refractivity contribution in [3.63, 3.8) is 0 Å². The monoisotopic (exact) mass is 446 g/mol. The third-order valence-corrected chi connectivity index (χ3v) is 6.19. The Morgan fingerprint density at radius 1 is 1.38 bits per heavy atom. The number of hydrogen-bond acceptors (Lipinski definition) is 7. The van der Waals surface area contributed by atoms with Crippen LogP contribution in [-0.2, 0) is 14.9 Å². The number of carboxylic acid groups (broad SMARTS) is 1. The molecule has 2 fully saturated rings. The number of aromatic hydroxyl groups is 1. The highest BCUT2D eigenvalue weighted by Gasteiger charge is 2.44. The van der Waals surface area contributed by atoms with Gasteiger partial charge in [0.05, 0.1) is 6.54 Å². The van der Waals surface area contributed by atoms with Crippen LogP contribution in [0.1, 0.15) is 29.8 Å². The molecule has 0 saturated carbocycles. The molecule has 2 saturated heterocycles. The van der Waals surface area contributed by atoms with Gasteiger partial charge in [-0.05, 0) is 23.9 Å². The van der Waals surface area contributed by atoms with Gasteiger partial charge in [-0.1, -0.05) is 19.3 Å². The predicted molar refractivity (Wildman–Crippen MR) is 120 cm³/mol. The Labute approximate surface area is 187 Å². The quantitative estimate of drug-likeness (QED) is 0.360. The molecule has 1 aromatic rings. The normalized spacial score (nSPS) is 22.2. The molecule has 1 aromatic carbocycles. The highest BCUT2D eigenvalue weighted by molar-refractivity contribution is 6.54. The first kappa shape index (κ1) is 23.9. The van der Waals surface area contributed by atoms with Crippen molar-refractivity contribution in [3.05, 3.63) is 23.3 Å². The Morgan fingerprint density at radius 3 is 2.53 bits per heavy atom. The first-order chi connectivity index (χ1) is 14.8. The van der Waals surface area contributed by atoms with Crippen LogP contribution in [0, 0.1) is 0 Å². The molecule has 2 aliphatic heterocycles. The van der Waals surface area contributed by atoms with Crippen LogP contribution in [0.4, 0.5) is 0 Å². The van der Waals surface area contributed by atoms with E-state index in [1.807, 2.05) is 11.8 Å². The van der Waals surface area contributed by atoms with E-state index in [0.29, 0.717) is 18.7 Å². The second-order valence-corrected chi connectivity index (χ2v) is 9.52. The summed E-state index contributed by atoms with van der Waals surface area (Å²) in [6.07, 6.45) is 0.621. The maximum absolute atomic E-state index is 12.4. The molecule has 2 heterocycles. The molecule has 3 rings (SSSR count). The Bertz CT molecular complexity index is 925. The lowest BCUT2D eigenvalue weighted by atomic mass is 9.81. The van der Waals surface area contributed by atoms with Crippen molar-refractivity contribution in [3.8, 4) is 11.5 Å². The number of carbonyl (C=O) groups excluding carboxylic acids is 2. The van der Waals surface area contributed by atoms with Crippen molar-refractivity contribution < 1.29 is 29.3 Å². The highest BCUT2D eigenvalue weighted by Crippen LogP contribution is 2.47. The summed E-state index contributed by atoms with van der Waals surface area (Å²) in [7, 11) is 4.11. The summed E-state index contributed by atoms with van der Waals surface area (Å²) in [4.78, 5) is 39.1. The second kappa shape index (κ2) is 8.63. The SMILES string of the molecule is CN(C)C(=O)CNC(=O)[C@@](C)(N)CN1CC(Oc2ccc([C@]3(C)BC3)c(O)c2C(=O)O)C1. The molecule has 2 aliphatic rings. The van der Waals surface area contributed by atoms with Gasteiger partial charge in [0, 0.05) is 33.7 Å². The van der Waals surface area contributed by atoms with E-state index >= 15 is 0 Å². The molecule has 0 spiro atoms. The topological polar surface area (TPSA) is 145 Å². The number of carboxylic acids is 1. The van der Waals surface area contributed by atoms with Crippen molar-refractivity contribution in [2.45, 2.75) is 37.1 Å². The van der Waals surface area contributed by atoms with E-state index in [0.717, 1.165) is 13.6 Å². The van der Waals surface area contributed by atoms with Crippen molar-refractivity contribution >= 4 is 25.1 Å². The first-order valence-electron chi connectivity index (χ1n) is 10.6. The lowest BCUT2D eigenvalue weighted by Crippen LogP contribution is -2.64. The fraction of sp³-hybridized carbons (Fsp3) is 0.571. The lowest BCUT2D eigenvalue weighted by molar-refractivity contribution is -0.133. The van der Waals surface area contributed by atoms with Crippen LogP contribution in [0.5, 0.6) is 11.5 Å². The Kier molecular flexibility index (Phi) is 6.44. The molecule has 0 radical (unpaired) electrons. The summed E-state index contributed by atoms with van der Waals surface area (Å²) in [6.45, 7) is 4.62. The average molecular weight is 446 g/mol. The predicted octanol–water partition coefficient (Wildman–Crippen LogP) is -0.841. The van der Waals surface area contributed by atoms with E-state index in [1.165, 1.54) is 4.90 Å². The van der Waals surface area contributed by atoms with Gasteiger partial charge in [-0.15, -0.1) is 0 Å². The molecule has 0 unspecified atom stereocenters. The summed E-state index contributed by atoms with van der Waals surface area (Å²) < 4.78 is 5.85. The minimum absolute atomic E-state index is 0.124. The number of hydrogen-bond donors (Lipinski definition) is 4. The van der Waals surface area contributed by atoms with Gasteiger partial charge in [0.1, 0.15) is 36.0 Å². The molecule has 174 valence electrons. The van der Waals surface area contributed by atoms with E-state index < -0.39 is 17.4 Å². The van der Waals surface area contributed by atoms with Gasteiger partial charge in [-0.25, -0.2) is 4.79 Å². The summed E-state index contributed by atoms with van der Waals surface area (Å²) in [5, 5.41) is 22.5. The van der Waals surface area contributed by atoms with Gasteiger partial charge in [0.25, 0.3) is 0 Å². The molecule has 32 heavy (non-hydrogen) atoms. The van der Waals surface area contributed by atoms with Crippen LogP contribution < -0.4 is 15.8 Å². The fourth-order valence-corrected chi connectivity index (χ4v) is 3.78. The minimum Gasteiger partial charge on any atom is -0.507 e. The third-order valence-electron chi connectivity index (χ3n) is 6.19. The second-order valence-electron chi connectivity index (χ2n) is 9.52. The van der Waals surface area contributed by atoms with Gasteiger partial charge in [-0.2, -0.15) is 0 Å². The Hall–Kier alpha value is -2.79. The van der Waals surface area contributed by atoms with E-state index in [9.17, 15) is 24.6 Å². The van der Waals surface area contributed by atoms with E-state index in [1.54, 1.807) is 33.2 Å². The standard InChI is InChI=1S/C21H31BN4O6/c1-20(10-22-20)13-5-6-14(16(17(13)28)18(29)30)32-12-8-26(9-12)11-21(2,23)19(31)24-7-15(27)25(3)4/h5-6,12,22,28H,7-11,23H2,1-4H3,(H,24,31)(H,29,30)/t20-,21+/m1/s1. The van der Waals surface area contributed by atoms with Crippen LogP contribution in [0.25, 0.3) is 0 Å². The summed E-state index contributed by atoms with van der Waals surface area (Å²) in [5.74, 6) is -2.00. The number of carbonyl (C=O) groups is 3. The van der Waals surface area contributed by atoms with Crippen LogP contribution in [-0.4, -0.2) is 97.0 Å². The van der Waals surface area contributed by atoms with Gasteiger partial charge in [-0.3, -0.25) is 14.5 Å². The number of phenols is 1. The summed E-state index contributed by atoms with van der Waals surface area (Å²) in [6, 6.07) is 3.34. The minimum atomic E-state index is -1.24. The molecule has 11 heteroatoms. The number of nitrogens with one attached hydrogen (secondary N) is 1. The molecule has 0 aromatic heterocycles. The number of amides is 2. The zero-order valence-electron chi connectivity index (χ0n) is 19.0. The Balaban J connectivity index is 1.56. The van der Waals surface area contributed by atoms with Gasteiger partial charge in [0.15, 0.2) is 0 Å². The largest absolute Gasteiger partial charge is 0.507 e. The number of likely N-dealkylation sites (N-methyl/N-ethyl adjacent to an activating group) is 1. The van der Waals surface area contributed by atoms with Crippen molar-refractivity contribution in [1.82, 2.24) is 15.1 Å². The summed E-state index contributed by atoms with van der Waals surface area (Å²) >= 11 is 0. The number of benzene rings is 1. The van der Waals surface area contributed by atoms with Crippen molar-refractivity contribution in [1.29, 1.82) is 0 Å². The van der Waals surface area contributed by atoms with Gasteiger partial charge in [0.2, 0.25) is 11.8 Å². The summed E-state index contributed by atoms with van der Waals surface area (Å²) in [5.41, 5.74) is 5.36. The van der Waals surface area contributed by atoms with E-state index in [-0.39, 0.29) is 47.5 Å².